The average molecular weight is 519 g/mol. The fourth-order valence-corrected chi connectivity index (χ4v) is 4.23. The van der Waals surface area contributed by atoms with Gasteiger partial charge in [-0.15, -0.1) is 0 Å². The van der Waals surface area contributed by atoms with Crippen molar-refractivity contribution in [3.05, 3.63) is 64.2 Å². The summed E-state index contributed by atoms with van der Waals surface area (Å²) in [6.07, 6.45) is 1.13. The lowest BCUT2D eigenvalue weighted by molar-refractivity contribution is 0.419. The number of pyridine rings is 1. The van der Waals surface area contributed by atoms with E-state index in [1.165, 1.54) is 0 Å². The fourth-order valence-electron chi connectivity index (χ4n) is 3.19. The number of fused-ring (bicyclic) bond motifs is 2. The molecule has 1 heterocycles. The first-order chi connectivity index (χ1) is 13.8. The van der Waals surface area contributed by atoms with Crippen LogP contribution in [0.4, 0.5) is 17.1 Å². The van der Waals surface area contributed by atoms with Crippen molar-refractivity contribution in [3.8, 4) is 5.75 Å². The molecule has 0 saturated carbocycles. The van der Waals surface area contributed by atoms with Crippen LogP contribution >= 0.6 is 22.6 Å². The summed E-state index contributed by atoms with van der Waals surface area (Å²) in [4.78, 5) is 4.82. The van der Waals surface area contributed by atoms with Gasteiger partial charge in [0.15, 0.2) is 0 Å². The summed E-state index contributed by atoms with van der Waals surface area (Å²) in [7, 11) is -1.68. The van der Waals surface area contributed by atoms with Crippen molar-refractivity contribution in [2.75, 3.05) is 23.4 Å². The third-order valence-electron chi connectivity index (χ3n) is 4.41. The van der Waals surface area contributed by atoms with Crippen molar-refractivity contribution < 1.29 is 13.2 Å². The molecule has 0 saturated heterocycles. The van der Waals surface area contributed by atoms with Crippen molar-refractivity contribution >= 4 is 71.5 Å². The van der Waals surface area contributed by atoms with E-state index in [0.717, 1.165) is 43.0 Å². The number of anilines is 3. The van der Waals surface area contributed by atoms with Crippen molar-refractivity contribution in [2.24, 2.45) is 0 Å². The minimum atomic E-state index is -3.31. The number of halogens is 1. The van der Waals surface area contributed by atoms with E-state index in [-0.39, 0.29) is 0 Å². The van der Waals surface area contributed by atoms with Crippen molar-refractivity contribution in [1.82, 2.24) is 4.98 Å². The molecule has 0 bridgehead atoms. The van der Waals surface area contributed by atoms with E-state index < -0.39 is 10.0 Å². The molecule has 1 aromatic heterocycles. The molecular formula is C21H18IN3O3S. The van der Waals surface area contributed by atoms with Crippen LogP contribution in [0.2, 0.25) is 0 Å². The first-order valence-corrected chi connectivity index (χ1v) is 11.7. The first-order valence-electron chi connectivity index (χ1n) is 8.75. The zero-order valence-corrected chi connectivity index (χ0v) is 18.7. The van der Waals surface area contributed by atoms with Gasteiger partial charge in [-0.1, -0.05) is 12.1 Å². The molecule has 0 aliphatic heterocycles. The second kappa shape index (κ2) is 7.68. The number of sulfonamides is 1. The second-order valence-electron chi connectivity index (χ2n) is 6.58. The van der Waals surface area contributed by atoms with Crippen LogP contribution in [0.3, 0.4) is 0 Å². The number of rotatable bonds is 5. The van der Waals surface area contributed by atoms with Crippen LogP contribution in [0.5, 0.6) is 5.75 Å². The molecule has 0 radical (unpaired) electrons. The Hall–Kier alpha value is -2.59. The third-order valence-corrected chi connectivity index (χ3v) is 5.68. The van der Waals surface area contributed by atoms with E-state index in [1.807, 2.05) is 48.5 Å². The van der Waals surface area contributed by atoms with Crippen LogP contribution in [-0.4, -0.2) is 26.8 Å². The summed E-state index contributed by atoms with van der Waals surface area (Å²) in [6, 6.07) is 19.1. The van der Waals surface area contributed by atoms with Crippen LogP contribution < -0.4 is 14.8 Å². The molecule has 4 rings (SSSR count). The average Bonchev–Trinajstić information content (AvgIpc) is 2.67. The summed E-state index contributed by atoms with van der Waals surface area (Å²) in [6.45, 7) is 0. The fraction of sp³-hybridized carbons (Fsp3) is 0.0952. The Labute approximate surface area is 182 Å². The zero-order valence-electron chi connectivity index (χ0n) is 15.7. The normalized spacial score (nSPS) is 11.6. The lowest BCUT2D eigenvalue weighted by atomic mass is 10.1. The highest BCUT2D eigenvalue weighted by atomic mass is 127. The highest BCUT2D eigenvalue weighted by Gasteiger charge is 2.13. The van der Waals surface area contributed by atoms with Crippen molar-refractivity contribution in [2.45, 2.75) is 0 Å². The molecular weight excluding hydrogens is 501 g/mol. The van der Waals surface area contributed by atoms with Gasteiger partial charge in [0.1, 0.15) is 11.3 Å². The Balaban J connectivity index is 1.85. The van der Waals surface area contributed by atoms with Crippen molar-refractivity contribution in [3.63, 3.8) is 0 Å². The Bertz CT molecular complexity index is 1320. The van der Waals surface area contributed by atoms with Gasteiger partial charge in [-0.2, -0.15) is 0 Å². The van der Waals surface area contributed by atoms with Gasteiger partial charge in [0.05, 0.1) is 24.6 Å². The largest absolute Gasteiger partial charge is 0.494 e. The zero-order chi connectivity index (χ0) is 20.6. The highest BCUT2D eigenvalue weighted by Crippen LogP contribution is 2.37. The Morgan fingerprint density at radius 3 is 2.38 bits per heavy atom. The van der Waals surface area contributed by atoms with Crippen LogP contribution in [-0.2, 0) is 10.0 Å². The number of benzene rings is 3. The molecule has 4 aromatic rings. The Morgan fingerprint density at radius 1 is 0.966 bits per heavy atom. The standard InChI is InChI=1S/C21H18IN3O3S/c1-28-19-5-3-4-17-20(16-11-6-13(22)12-18(16)24-21(17)19)23-14-7-9-15(10-8-14)25-29(2,26)27/h3-12,25H,1-2H3,(H,23,24). The summed E-state index contributed by atoms with van der Waals surface area (Å²) >= 11 is 2.27. The minimum Gasteiger partial charge on any atom is -0.494 e. The van der Waals surface area contributed by atoms with Gasteiger partial charge in [-0.05, 0) is 71.1 Å². The van der Waals surface area contributed by atoms with Gasteiger partial charge in [-0.3, -0.25) is 4.72 Å². The quantitative estimate of drug-likeness (QED) is 0.283. The van der Waals surface area contributed by atoms with E-state index in [4.69, 9.17) is 9.72 Å². The van der Waals surface area contributed by atoms with Gasteiger partial charge in [-0.25, -0.2) is 13.4 Å². The molecule has 6 nitrogen and oxygen atoms in total. The molecule has 0 aliphatic carbocycles. The molecule has 2 N–H and O–H groups in total. The Morgan fingerprint density at radius 2 is 1.69 bits per heavy atom. The molecule has 0 amide bonds. The predicted molar refractivity (Wildman–Crippen MR) is 127 cm³/mol. The second-order valence-corrected chi connectivity index (χ2v) is 9.58. The molecule has 148 valence electrons. The number of aromatic nitrogens is 1. The molecule has 0 fully saturated rings. The topological polar surface area (TPSA) is 80.3 Å². The molecule has 0 aliphatic rings. The van der Waals surface area contributed by atoms with Crippen LogP contribution in [0.25, 0.3) is 21.8 Å². The Kier molecular flexibility index (Phi) is 5.22. The first kappa shape index (κ1) is 19.7. The van der Waals surface area contributed by atoms with E-state index in [2.05, 4.69) is 32.6 Å². The molecule has 0 atom stereocenters. The van der Waals surface area contributed by atoms with Crippen LogP contribution in [0.1, 0.15) is 0 Å². The summed E-state index contributed by atoms with van der Waals surface area (Å²) in [5, 5.41) is 5.41. The van der Waals surface area contributed by atoms with E-state index in [1.54, 1.807) is 19.2 Å². The van der Waals surface area contributed by atoms with Gasteiger partial charge < -0.3 is 10.1 Å². The molecule has 3 aromatic carbocycles. The molecule has 0 unspecified atom stereocenters. The SMILES string of the molecule is COc1cccc2c(Nc3ccc(NS(C)(=O)=O)cc3)c3ccc(I)cc3nc12. The monoisotopic (exact) mass is 519 g/mol. The molecule has 8 heteroatoms. The van der Waals surface area contributed by atoms with Gasteiger partial charge >= 0.3 is 0 Å². The van der Waals surface area contributed by atoms with Crippen LogP contribution in [0, 0.1) is 3.57 Å². The lowest BCUT2D eigenvalue weighted by Crippen LogP contribution is -2.09. The van der Waals surface area contributed by atoms with E-state index in [9.17, 15) is 8.42 Å². The number of nitrogens with zero attached hydrogens (tertiary/aromatic N) is 1. The van der Waals surface area contributed by atoms with Gasteiger partial charge in [0, 0.05) is 25.7 Å². The summed E-state index contributed by atoms with van der Waals surface area (Å²) in [5.74, 6) is 0.707. The maximum Gasteiger partial charge on any atom is 0.229 e. The number of hydrogen-bond acceptors (Lipinski definition) is 5. The van der Waals surface area contributed by atoms with E-state index >= 15 is 0 Å². The lowest BCUT2D eigenvalue weighted by Gasteiger charge is -2.15. The summed E-state index contributed by atoms with van der Waals surface area (Å²) < 4.78 is 31.9. The highest BCUT2D eigenvalue weighted by molar-refractivity contribution is 14.1. The van der Waals surface area contributed by atoms with E-state index in [0.29, 0.717) is 11.4 Å². The number of nitrogens with one attached hydrogen (secondary N) is 2. The van der Waals surface area contributed by atoms with Gasteiger partial charge in [0.25, 0.3) is 0 Å². The summed E-state index contributed by atoms with van der Waals surface area (Å²) in [5.41, 5.74) is 3.91. The molecule has 0 spiro atoms. The predicted octanol–water partition coefficient (Wildman–Crippen LogP) is 5.12. The smallest absolute Gasteiger partial charge is 0.229 e. The maximum atomic E-state index is 11.4. The van der Waals surface area contributed by atoms with Crippen LogP contribution in [0.15, 0.2) is 60.7 Å². The minimum absolute atomic E-state index is 0.513. The van der Waals surface area contributed by atoms with Crippen molar-refractivity contribution in [1.29, 1.82) is 0 Å². The third kappa shape index (κ3) is 4.23. The van der Waals surface area contributed by atoms with Gasteiger partial charge in [0.2, 0.25) is 10.0 Å². The number of ether oxygens (including phenoxy) is 1. The maximum absolute atomic E-state index is 11.4. The number of methoxy groups -OCH3 is 1. The molecule has 29 heavy (non-hydrogen) atoms. The number of para-hydroxylation sites is 1. The number of hydrogen-bond donors (Lipinski definition) is 2.